The predicted molar refractivity (Wildman–Crippen MR) is 319 cm³/mol. The fourth-order valence-corrected chi connectivity index (χ4v) is 11.9. The van der Waals surface area contributed by atoms with Crippen LogP contribution in [0.2, 0.25) is 21.9 Å². The zero-order valence-corrected chi connectivity index (χ0v) is 49.4. The van der Waals surface area contributed by atoms with Gasteiger partial charge in [0.2, 0.25) is 0 Å². The van der Waals surface area contributed by atoms with Crippen LogP contribution >= 0.6 is 94.2 Å². The third kappa shape index (κ3) is 14.2. The molecule has 6 aromatic rings. The monoisotopic (exact) mass is 1280 g/mol. The van der Waals surface area contributed by atoms with Crippen molar-refractivity contribution in [3.63, 3.8) is 0 Å². The lowest BCUT2D eigenvalue weighted by Gasteiger charge is -2.40. The molecule has 3 N–H and O–H groups in total. The van der Waals surface area contributed by atoms with E-state index in [1.165, 1.54) is 5.56 Å². The van der Waals surface area contributed by atoms with Gasteiger partial charge < -0.3 is 29.9 Å². The topological polar surface area (TPSA) is 127 Å². The van der Waals surface area contributed by atoms with Crippen LogP contribution in [0.4, 0.5) is 4.79 Å². The Hall–Kier alpha value is -3.94. The van der Waals surface area contributed by atoms with Crippen molar-refractivity contribution in [3.05, 3.63) is 192 Å². The number of nitrogens with zero attached hydrogens (tertiary/aromatic N) is 6. The summed E-state index contributed by atoms with van der Waals surface area (Å²) < 4.78 is 8.12. The van der Waals surface area contributed by atoms with Gasteiger partial charge in [-0.1, -0.05) is 119 Å². The minimum absolute atomic E-state index is 0.0703. The van der Waals surface area contributed by atoms with E-state index in [1.807, 2.05) is 119 Å². The zero-order valence-electron chi connectivity index (χ0n) is 41.6. The van der Waals surface area contributed by atoms with Gasteiger partial charge in [-0.05, 0) is 134 Å². The summed E-state index contributed by atoms with van der Waals surface area (Å²) in [7, 11) is -0.404. The summed E-state index contributed by atoms with van der Waals surface area (Å²) >= 11 is 35.7. The van der Waals surface area contributed by atoms with Crippen LogP contribution in [0.3, 0.4) is 0 Å². The van der Waals surface area contributed by atoms with E-state index in [0.29, 0.717) is 15.7 Å². The minimum atomic E-state index is -0.736. The molecule has 3 aliphatic carbocycles. The van der Waals surface area contributed by atoms with Crippen molar-refractivity contribution >= 4 is 139 Å². The number of aromatic nitrogens is 3. The van der Waals surface area contributed by atoms with Crippen molar-refractivity contribution in [1.29, 1.82) is 0 Å². The molecule has 11 nitrogen and oxygen atoms in total. The van der Waals surface area contributed by atoms with Crippen molar-refractivity contribution in [3.8, 4) is 0 Å². The number of carbonyl (C=O) groups excluding carboxylic acids is 1. The summed E-state index contributed by atoms with van der Waals surface area (Å²) in [5.41, 5.74) is 11.3. The Morgan fingerprint density at radius 1 is 0.653 bits per heavy atom. The Labute approximate surface area is 484 Å². The molecule has 0 spiro atoms. The number of alkyl halides is 1. The van der Waals surface area contributed by atoms with E-state index in [2.05, 4.69) is 91.0 Å². The molecular formula is C56H55BBr3Cl4N7O4. The number of ether oxygens (including phenoxy) is 1. The normalized spacial score (nSPS) is 18.8. The highest BCUT2D eigenvalue weighted by atomic mass is 79.9. The van der Waals surface area contributed by atoms with Gasteiger partial charge in [0.1, 0.15) is 17.1 Å². The predicted octanol–water partition coefficient (Wildman–Crippen LogP) is 13.9. The molecule has 2 saturated heterocycles. The number of halogens is 7. The lowest BCUT2D eigenvalue weighted by Crippen LogP contribution is -2.52. The lowest BCUT2D eigenvalue weighted by molar-refractivity contribution is 0.0229. The summed E-state index contributed by atoms with van der Waals surface area (Å²) in [5, 5.41) is 25.3. The van der Waals surface area contributed by atoms with Crippen molar-refractivity contribution in [1.82, 2.24) is 34.9 Å². The first-order valence-corrected chi connectivity index (χ1v) is 28.3. The summed E-state index contributed by atoms with van der Waals surface area (Å²) in [5.74, 6) is 0. The first-order valence-electron chi connectivity index (χ1n) is 24.4. The van der Waals surface area contributed by atoms with E-state index in [0.717, 1.165) is 127 Å². The zero-order chi connectivity index (χ0) is 53.6. The maximum Gasteiger partial charge on any atom is 0.410 e. The second-order valence-corrected chi connectivity index (χ2v) is 23.5. The molecule has 19 heteroatoms. The number of carbonyl (C=O) groups is 1. The van der Waals surface area contributed by atoms with Crippen LogP contribution < -0.4 is 5.32 Å². The number of amides is 1. The average molecular weight is 1280 g/mol. The highest BCUT2D eigenvalue weighted by Gasteiger charge is 2.34. The summed E-state index contributed by atoms with van der Waals surface area (Å²) in [6.07, 6.45) is 10.5. The van der Waals surface area contributed by atoms with Gasteiger partial charge >= 0.3 is 13.1 Å². The highest BCUT2D eigenvalue weighted by Crippen LogP contribution is 2.44. The number of fused-ring (bicyclic) bond motifs is 6. The van der Waals surface area contributed by atoms with Crippen LogP contribution in [-0.4, -0.2) is 111 Å². The highest BCUT2D eigenvalue weighted by molar-refractivity contribution is 9.15. The van der Waals surface area contributed by atoms with E-state index in [4.69, 9.17) is 56.1 Å². The SMILES string of the molecule is CB(O)N1CCN(C2c3ccc(Cl)cc3C=C(Br)c3cccnc32)CC1.CC(C)(C)OC(=O)N1CCNCC1.Clc1ccc2c(c1)C=C(Br)c1cccnc1C2Cl.OC1c2ccc(Cl)cc2C=C(Br)c2cccnc21. The molecule has 5 aliphatic rings. The summed E-state index contributed by atoms with van der Waals surface area (Å²) in [4.78, 5) is 31.2. The van der Waals surface area contributed by atoms with Gasteiger partial charge in [-0.25, -0.2) is 4.79 Å². The van der Waals surface area contributed by atoms with Gasteiger partial charge in [0.25, 0.3) is 0 Å². The molecule has 75 heavy (non-hydrogen) atoms. The van der Waals surface area contributed by atoms with Crippen LogP contribution in [0.5, 0.6) is 0 Å². The lowest BCUT2D eigenvalue weighted by atomic mass is 9.84. The number of aliphatic hydroxyl groups is 1. The smallest absolute Gasteiger partial charge is 0.410 e. The molecular weight excluding hydrogens is 1230 g/mol. The van der Waals surface area contributed by atoms with Crippen LogP contribution in [-0.2, 0) is 4.74 Å². The maximum atomic E-state index is 11.5. The van der Waals surface area contributed by atoms with Crippen LogP contribution in [0.1, 0.15) is 105 Å². The fraction of sp³-hybridized carbons (Fsp3) is 0.286. The molecule has 0 saturated carbocycles. The molecule has 2 fully saturated rings. The maximum absolute atomic E-state index is 11.5. The number of nitrogens with one attached hydrogen (secondary N) is 1. The molecule has 2 aliphatic heterocycles. The first-order chi connectivity index (χ1) is 35.9. The molecule has 3 unspecified atom stereocenters. The van der Waals surface area contributed by atoms with E-state index in [-0.39, 0.29) is 23.1 Å². The molecule has 390 valence electrons. The molecule has 1 amide bonds. The first kappa shape index (κ1) is 57.2. The molecule has 0 bridgehead atoms. The Morgan fingerprint density at radius 2 is 1.09 bits per heavy atom. The Balaban J connectivity index is 0.000000137. The third-order valence-electron chi connectivity index (χ3n) is 12.9. The second-order valence-electron chi connectivity index (χ2n) is 19.2. The average Bonchev–Trinajstić information content (AvgIpc) is 3.65. The van der Waals surface area contributed by atoms with Crippen LogP contribution in [0, 0.1) is 0 Å². The third-order valence-corrected chi connectivity index (χ3v) is 16.0. The number of pyridine rings is 3. The van der Waals surface area contributed by atoms with Crippen molar-refractivity contribution in [2.24, 2.45) is 0 Å². The molecule has 3 aromatic heterocycles. The number of hydrogen-bond acceptors (Lipinski definition) is 10. The summed E-state index contributed by atoms with van der Waals surface area (Å²) in [6.45, 7) is 14.1. The van der Waals surface area contributed by atoms with E-state index >= 15 is 0 Å². The van der Waals surface area contributed by atoms with Crippen molar-refractivity contribution in [2.45, 2.75) is 50.7 Å². The van der Waals surface area contributed by atoms with Crippen molar-refractivity contribution < 1.29 is 19.7 Å². The minimum Gasteiger partial charge on any atom is -0.444 e. The molecule has 3 aromatic carbocycles. The van der Waals surface area contributed by atoms with Crippen LogP contribution in [0.15, 0.2) is 110 Å². The Morgan fingerprint density at radius 3 is 1.61 bits per heavy atom. The Kier molecular flexibility index (Phi) is 19.6. The second kappa shape index (κ2) is 25.7. The quantitative estimate of drug-likeness (QED) is 0.114. The number of hydrogen-bond donors (Lipinski definition) is 3. The Bertz CT molecular complexity index is 3010. The van der Waals surface area contributed by atoms with Gasteiger partial charge in [-0.3, -0.25) is 19.9 Å². The van der Waals surface area contributed by atoms with Gasteiger partial charge in [0.15, 0.2) is 0 Å². The summed E-state index contributed by atoms with van der Waals surface area (Å²) in [6, 6.07) is 29.1. The molecule has 5 heterocycles. The molecule has 0 radical (unpaired) electrons. The molecule has 3 atom stereocenters. The van der Waals surface area contributed by atoms with E-state index in [1.54, 1.807) is 23.4 Å². The van der Waals surface area contributed by atoms with E-state index in [9.17, 15) is 14.9 Å². The van der Waals surface area contributed by atoms with Gasteiger partial charge in [-0.2, -0.15) is 0 Å². The number of benzene rings is 3. The van der Waals surface area contributed by atoms with Gasteiger partial charge in [0.05, 0.1) is 23.1 Å². The number of rotatable bonds is 2. The molecule has 11 rings (SSSR count). The van der Waals surface area contributed by atoms with Crippen LogP contribution in [0.25, 0.3) is 31.7 Å². The van der Waals surface area contributed by atoms with Gasteiger partial charge in [-0.15, -0.1) is 11.6 Å². The van der Waals surface area contributed by atoms with Gasteiger partial charge in [0, 0.05) is 116 Å². The number of piperazine rings is 2. The van der Waals surface area contributed by atoms with E-state index < -0.39 is 13.2 Å². The largest absolute Gasteiger partial charge is 0.444 e. The van der Waals surface area contributed by atoms with Crippen molar-refractivity contribution in [2.75, 3.05) is 52.4 Å². The fourth-order valence-electron chi connectivity index (χ4n) is 9.23. The standard InChI is InChI=1S/C19H20BBrClN3O.C14H8BrCl2N.C14H9BrClNO.C9H18N2O2/c1-20(26)25-9-7-24(8-10-25)19-15-5-4-14(22)11-13(15)12-17(21)16-3-2-6-23-18(16)19;15-12-7-8-6-9(16)3-4-10(8)13(17)14-11(12)2-1-5-18-14;15-12-7-8-6-9(16)3-4-10(8)14(18)13-11(12)2-1-5-17-13;1-9(2,3)13-8(12)11-6-4-10-5-7-11/h2-6,11-12,19,26H,7-10H2,1H3;1-7,13H;1-7,14,18H;10H,4-7H2,1-3H3. The number of aliphatic hydroxyl groups excluding tert-OH is 1.